The standard InChI is InChI=1S/C17H24N2O/c1-16(2,3)19-12-14-6-4-5-7-15(14)20-13-17(8-9-17)10-11-18/h4-7,19H,8-10,12-13H2,1-3H3. The summed E-state index contributed by atoms with van der Waals surface area (Å²) < 4.78 is 5.99. The molecule has 0 aromatic heterocycles. The van der Waals surface area contributed by atoms with Crippen LogP contribution >= 0.6 is 0 Å². The van der Waals surface area contributed by atoms with Crippen molar-refractivity contribution in [1.82, 2.24) is 5.32 Å². The van der Waals surface area contributed by atoms with E-state index in [0.29, 0.717) is 13.0 Å². The van der Waals surface area contributed by atoms with Gasteiger partial charge in [-0.15, -0.1) is 0 Å². The molecule has 1 aromatic rings. The van der Waals surface area contributed by atoms with Crippen molar-refractivity contribution in [2.24, 2.45) is 5.41 Å². The fourth-order valence-electron chi connectivity index (χ4n) is 2.10. The highest BCUT2D eigenvalue weighted by Gasteiger charge is 2.43. The molecular formula is C17H24N2O. The lowest BCUT2D eigenvalue weighted by Crippen LogP contribution is -2.35. The fraction of sp³-hybridized carbons (Fsp3) is 0.588. The minimum absolute atomic E-state index is 0.0889. The van der Waals surface area contributed by atoms with Crippen molar-refractivity contribution < 1.29 is 4.74 Å². The van der Waals surface area contributed by atoms with Crippen molar-refractivity contribution in [3.63, 3.8) is 0 Å². The highest BCUT2D eigenvalue weighted by atomic mass is 16.5. The Bertz CT molecular complexity index is 492. The maximum absolute atomic E-state index is 8.85. The Kier molecular flexibility index (Phi) is 4.35. The van der Waals surface area contributed by atoms with E-state index < -0.39 is 0 Å². The Morgan fingerprint density at radius 3 is 2.60 bits per heavy atom. The smallest absolute Gasteiger partial charge is 0.123 e. The lowest BCUT2D eigenvalue weighted by atomic mass is 10.1. The highest BCUT2D eigenvalue weighted by molar-refractivity contribution is 5.33. The number of hydrogen-bond donors (Lipinski definition) is 1. The zero-order valence-corrected chi connectivity index (χ0v) is 12.7. The van der Waals surface area contributed by atoms with Crippen LogP contribution in [-0.2, 0) is 6.54 Å². The lowest BCUT2D eigenvalue weighted by molar-refractivity contribution is 0.234. The van der Waals surface area contributed by atoms with E-state index in [1.54, 1.807) is 0 Å². The van der Waals surface area contributed by atoms with E-state index >= 15 is 0 Å². The zero-order valence-electron chi connectivity index (χ0n) is 12.7. The summed E-state index contributed by atoms with van der Waals surface area (Å²) in [6.07, 6.45) is 2.83. The van der Waals surface area contributed by atoms with Gasteiger partial charge in [0.05, 0.1) is 12.7 Å². The van der Waals surface area contributed by atoms with E-state index in [2.05, 4.69) is 38.2 Å². The molecule has 3 heteroatoms. The Labute approximate surface area is 121 Å². The van der Waals surface area contributed by atoms with Crippen molar-refractivity contribution in [3.05, 3.63) is 29.8 Å². The van der Waals surface area contributed by atoms with Crippen LogP contribution in [0.15, 0.2) is 24.3 Å². The first kappa shape index (κ1) is 14.9. The van der Waals surface area contributed by atoms with Crippen molar-refractivity contribution in [2.75, 3.05) is 6.61 Å². The topological polar surface area (TPSA) is 45.0 Å². The van der Waals surface area contributed by atoms with E-state index in [0.717, 1.165) is 25.1 Å². The van der Waals surface area contributed by atoms with Gasteiger partial charge >= 0.3 is 0 Å². The second-order valence-corrected chi connectivity index (χ2v) is 6.83. The Morgan fingerprint density at radius 2 is 2.00 bits per heavy atom. The minimum Gasteiger partial charge on any atom is -0.493 e. The average Bonchev–Trinajstić information content (AvgIpc) is 3.15. The third kappa shape index (κ3) is 4.25. The van der Waals surface area contributed by atoms with Gasteiger partial charge in [0.15, 0.2) is 0 Å². The minimum atomic E-state index is 0.0889. The second-order valence-electron chi connectivity index (χ2n) is 6.83. The van der Waals surface area contributed by atoms with Crippen LogP contribution in [-0.4, -0.2) is 12.1 Å². The molecule has 0 unspecified atom stereocenters. The van der Waals surface area contributed by atoms with Crippen LogP contribution in [0.2, 0.25) is 0 Å². The molecule has 1 N–H and O–H groups in total. The van der Waals surface area contributed by atoms with Gasteiger partial charge in [0.2, 0.25) is 0 Å². The van der Waals surface area contributed by atoms with E-state index in [4.69, 9.17) is 10.00 Å². The molecule has 0 spiro atoms. The normalized spacial score (nSPS) is 16.5. The maximum Gasteiger partial charge on any atom is 0.123 e. The summed E-state index contributed by atoms with van der Waals surface area (Å²) >= 11 is 0. The van der Waals surface area contributed by atoms with Gasteiger partial charge in [-0.2, -0.15) is 5.26 Å². The number of ether oxygens (including phenoxy) is 1. The summed E-state index contributed by atoms with van der Waals surface area (Å²) in [6, 6.07) is 10.4. The van der Waals surface area contributed by atoms with Gasteiger partial charge in [0, 0.05) is 29.5 Å². The van der Waals surface area contributed by atoms with Crippen LogP contribution in [0.4, 0.5) is 0 Å². The first-order valence-electron chi connectivity index (χ1n) is 7.27. The van der Waals surface area contributed by atoms with Crippen LogP contribution in [0.3, 0.4) is 0 Å². The van der Waals surface area contributed by atoms with Crippen LogP contribution in [0.1, 0.15) is 45.6 Å². The van der Waals surface area contributed by atoms with E-state index in [9.17, 15) is 0 Å². The van der Waals surface area contributed by atoms with E-state index in [1.807, 2.05) is 18.2 Å². The number of nitriles is 1. The molecule has 0 heterocycles. The van der Waals surface area contributed by atoms with Crippen molar-refractivity contribution in [1.29, 1.82) is 5.26 Å². The SMILES string of the molecule is CC(C)(C)NCc1ccccc1OCC1(CC#N)CC1. The predicted octanol–water partition coefficient (Wildman–Crippen LogP) is 3.65. The molecule has 0 amide bonds. The molecule has 3 nitrogen and oxygen atoms in total. The molecule has 108 valence electrons. The van der Waals surface area contributed by atoms with Gasteiger partial charge in [-0.25, -0.2) is 0 Å². The summed E-state index contributed by atoms with van der Waals surface area (Å²) in [5.74, 6) is 0.938. The molecule has 1 aliphatic rings. The molecule has 0 saturated heterocycles. The zero-order chi connectivity index (χ0) is 14.6. The molecule has 2 rings (SSSR count). The fourth-order valence-corrected chi connectivity index (χ4v) is 2.10. The molecule has 1 aromatic carbocycles. The number of rotatable bonds is 6. The molecule has 0 aliphatic heterocycles. The van der Waals surface area contributed by atoms with E-state index in [-0.39, 0.29) is 11.0 Å². The first-order valence-corrected chi connectivity index (χ1v) is 7.27. The number of para-hydroxylation sites is 1. The number of hydrogen-bond acceptors (Lipinski definition) is 3. The second kappa shape index (κ2) is 5.85. The van der Waals surface area contributed by atoms with Crippen LogP contribution in [0.5, 0.6) is 5.75 Å². The van der Waals surface area contributed by atoms with Crippen LogP contribution in [0.25, 0.3) is 0 Å². The van der Waals surface area contributed by atoms with Gasteiger partial charge in [0.1, 0.15) is 5.75 Å². The molecule has 20 heavy (non-hydrogen) atoms. The summed E-state index contributed by atoms with van der Waals surface area (Å²) in [6.45, 7) is 7.92. The third-order valence-electron chi connectivity index (χ3n) is 3.73. The van der Waals surface area contributed by atoms with E-state index in [1.165, 1.54) is 5.56 Å². The predicted molar refractivity (Wildman–Crippen MR) is 80.4 cm³/mol. The van der Waals surface area contributed by atoms with Crippen LogP contribution < -0.4 is 10.1 Å². The van der Waals surface area contributed by atoms with Gasteiger partial charge < -0.3 is 10.1 Å². The van der Waals surface area contributed by atoms with Crippen LogP contribution in [0, 0.1) is 16.7 Å². The number of nitrogens with zero attached hydrogens (tertiary/aromatic N) is 1. The molecule has 0 radical (unpaired) electrons. The third-order valence-corrected chi connectivity index (χ3v) is 3.73. The Balaban J connectivity index is 1.96. The van der Waals surface area contributed by atoms with Crippen molar-refractivity contribution in [3.8, 4) is 11.8 Å². The summed E-state index contributed by atoms with van der Waals surface area (Å²) in [4.78, 5) is 0. The summed E-state index contributed by atoms with van der Waals surface area (Å²) in [5.41, 5.74) is 1.39. The molecule has 1 fully saturated rings. The summed E-state index contributed by atoms with van der Waals surface area (Å²) in [7, 11) is 0. The largest absolute Gasteiger partial charge is 0.493 e. The molecule has 1 aliphatic carbocycles. The average molecular weight is 272 g/mol. The molecular weight excluding hydrogens is 248 g/mol. The Hall–Kier alpha value is -1.53. The maximum atomic E-state index is 8.85. The highest BCUT2D eigenvalue weighted by Crippen LogP contribution is 2.48. The van der Waals surface area contributed by atoms with Gasteiger partial charge in [0.25, 0.3) is 0 Å². The van der Waals surface area contributed by atoms with Gasteiger partial charge in [-0.3, -0.25) is 0 Å². The van der Waals surface area contributed by atoms with Gasteiger partial charge in [-0.05, 0) is 39.7 Å². The number of benzene rings is 1. The Morgan fingerprint density at radius 1 is 1.30 bits per heavy atom. The quantitative estimate of drug-likeness (QED) is 0.859. The van der Waals surface area contributed by atoms with Gasteiger partial charge in [-0.1, -0.05) is 18.2 Å². The molecule has 1 saturated carbocycles. The van der Waals surface area contributed by atoms with Crippen molar-refractivity contribution >= 4 is 0 Å². The molecule has 0 atom stereocenters. The van der Waals surface area contributed by atoms with Crippen molar-refractivity contribution in [2.45, 2.75) is 52.1 Å². The number of nitrogens with one attached hydrogen (secondary N) is 1. The first-order chi connectivity index (χ1) is 9.44. The summed E-state index contributed by atoms with van der Waals surface area (Å²) in [5, 5.41) is 12.3. The monoisotopic (exact) mass is 272 g/mol. The lowest BCUT2D eigenvalue weighted by Gasteiger charge is -2.22. The molecule has 0 bridgehead atoms.